The summed E-state index contributed by atoms with van der Waals surface area (Å²) in [4.78, 5) is 4.58. The maximum atomic E-state index is 13.4. The van der Waals surface area contributed by atoms with Gasteiger partial charge >= 0.3 is 6.18 Å². The molecule has 1 unspecified atom stereocenters. The van der Waals surface area contributed by atoms with Gasteiger partial charge in [-0.2, -0.15) is 13.2 Å². The lowest BCUT2D eigenvalue weighted by Gasteiger charge is -2.25. The first-order valence-electron chi connectivity index (χ1n) is 8.55. The summed E-state index contributed by atoms with van der Waals surface area (Å²) in [7, 11) is 1.77. The topological polar surface area (TPSA) is 42.7 Å². The van der Waals surface area contributed by atoms with Gasteiger partial charge in [0.2, 0.25) is 0 Å². The Labute approximate surface area is 150 Å². The molecule has 0 amide bonds. The van der Waals surface area contributed by atoms with Crippen molar-refractivity contribution >= 4 is 5.70 Å². The number of rotatable bonds is 5. The minimum atomic E-state index is -4.39. The van der Waals surface area contributed by atoms with E-state index in [9.17, 15) is 13.2 Å². The molecule has 0 saturated carbocycles. The van der Waals surface area contributed by atoms with Gasteiger partial charge in [-0.05, 0) is 30.9 Å². The molecule has 1 N–H and O–H groups in total. The predicted molar refractivity (Wildman–Crippen MR) is 94.4 cm³/mol. The third-order valence-electron chi connectivity index (χ3n) is 4.52. The molecular formula is C19H21F3N4. The van der Waals surface area contributed by atoms with Crippen LogP contribution in [0.3, 0.4) is 0 Å². The van der Waals surface area contributed by atoms with Crippen LogP contribution in [0.1, 0.15) is 48.0 Å². The lowest BCUT2D eigenvalue weighted by molar-refractivity contribution is -0.138. The lowest BCUT2D eigenvalue weighted by atomic mass is 9.88. The third-order valence-corrected chi connectivity index (χ3v) is 4.52. The molecule has 2 heterocycles. The van der Waals surface area contributed by atoms with Crippen LogP contribution >= 0.6 is 0 Å². The van der Waals surface area contributed by atoms with Gasteiger partial charge in [-0.3, -0.25) is 0 Å². The standard InChI is InChI=1S/C19H21F3N4/c1-3-4-11-16(23-2)17-24-18-14(9-7-12-26(18)25-17)13-8-5-6-10-15(13)19(20,21)22/h3,5-6,8,10-11,14,23H,1,4,7,9,12H2,2H3/b16-11-. The monoisotopic (exact) mass is 362 g/mol. The second-order valence-corrected chi connectivity index (χ2v) is 6.19. The number of benzene rings is 1. The summed E-state index contributed by atoms with van der Waals surface area (Å²) in [6.07, 6.45) is 1.32. The second-order valence-electron chi connectivity index (χ2n) is 6.19. The molecule has 0 aliphatic carbocycles. The Hall–Kier alpha value is -2.57. The van der Waals surface area contributed by atoms with Crippen LogP contribution in [0.5, 0.6) is 0 Å². The minimum absolute atomic E-state index is 0.265. The molecule has 3 rings (SSSR count). The number of fused-ring (bicyclic) bond motifs is 1. The van der Waals surface area contributed by atoms with Crippen LogP contribution in [-0.2, 0) is 12.7 Å². The van der Waals surface area contributed by atoms with Crippen molar-refractivity contribution < 1.29 is 13.2 Å². The van der Waals surface area contributed by atoms with E-state index in [2.05, 4.69) is 22.0 Å². The number of halogens is 3. The summed E-state index contributed by atoms with van der Waals surface area (Å²) in [5, 5.41) is 7.55. The smallest absolute Gasteiger partial charge is 0.385 e. The maximum absolute atomic E-state index is 13.4. The van der Waals surface area contributed by atoms with Gasteiger partial charge in [0.1, 0.15) is 5.82 Å². The Morgan fingerprint density at radius 2 is 2.15 bits per heavy atom. The fourth-order valence-corrected chi connectivity index (χ4v) is 3.32. The van der Waals surface area contributed by atoms with E-state index in [-0.39, 0.29) is 5.56 Å². The summed E-state index contributed by atoms with van der Waals surface area (Å²) in [6.45, 7) is 4.34. The van der Waals surface area contributed by atoms with E-state index in [1.165, 1.54) is 6.07 Å². The van der Waals surface area contributed by atoms with Gasteiger partial charge in [0, 0.05) is 19.5 Å². The first-order chi connectivity index (χ1) is 12.5. The fourth-order valence-electron chi connectivity index (χ4n) is 3.32. The largest absolute Gasteiger partial charge is 0.416 e. The van der Waals surface area contributed by atoms with E-state index in [4.69, 9.17) is 0 Å². The van der Waals surface area contributed by atoms with Crippen molar-refractivity contribution in [2.45, 2.75) is 37.9 Å². The Morgan fingerprint density at radius 1 is 1.38 bits per heavy atom. The summed E-state index contributed by atoms with van der Waals surface area (Å²) in [5.74, 6) is 0.670. The zero-order valence-electron chi connectivity index (χ0n) is 14.6. The number of aryl methyl sites for hydroxylation is 1. The van der Waals surface area contributed by atoms with E-state index in [0.717, 1.165) is 18.2 Å². The number of nitrogens with one attached hydrogen (secondary N) is 1. The van der Waals surface area contributed by atoms with Gasteiger partial charge in [0.05, 0.1) is 11.3 Å². The Bertz CT molecular complexity index is 820. The zero-order chi connectivity index (χ0) is 18.7. The SMILES string of the molecule is C=CC/C=C(\NC)c1nc2n(n1)CCCC2c1ccccc1C(F)(F)F. The van der Waals surface area contributed by atoms with Crippen LogP contribution in [-0.4, -0.2) is 21.8 Å². The molecule has 1 atom stereocenters. The van der Waals surface area contributed by atoms with Crippen LogP contribution in [0.4, 0.5) is 13.2 Å². The van der Waals surface area contributed by atoms with Crippen molar-refractivity contribution in [3.8, 4) is 0 Å². The van der Waals surface area contributed by atoms with Gasteiger partial charge in [-0.15, -0.1) is 11.7 Å². The summed E-state index contributed by atoms with van der Waals surface area (Å²) in [6, 6.07) is 5.74. The predicted octanol–water partition coefficient (Wildman–Crippen LogP) is 4.36. The van der Waals surface area contributed by atoms with Gasteiger partial charge < -0.3 is 5.32 Å². The molecule has 26 heavy (non-hydrogen) atoms. The molecule has 0 saturated heterocycles. The van der Waals surface area contributed by atoms with E-state index in [0.29, 0.717) is 31.0 Å². The van der Waals surface area contributed by atoms with Crippen LogP contribution < -0.4 is 5.32 Å². The van der Waals surface area contributed by atoms with Crippen LogP contribution in [0.2, 0.25) is 0 Å². The highest BCUT2D eigenvalue weighted by Gasteiger charge is 2.37. The maximum Gasteiger partial charge on any atom is 0.416 e. The molecule has 2 aromatic rings. The highest BCUT2D eigenvalue weighted by Crippen LogP contribution is 2.40. The number of nitrogens with zero attached hydrogens (tertiary/aromatic N) is 3. The number of allylic oxidation sites excluding steroid dienone is 2. The Morgan fingerprint density at radius 3 is 2.85 bits per heavy atom. The highest BCUT2D eigenvalue weighted by molar-refractivity contribution is 5.57. The molecule has 0 radical (unpaired) electrons. The summed E-state index contributed by atoms with van der Waals surface area (Å²) < 4.78 is 42.0. The van der Waals surface area contributed by atoms with Gasteiger partial charge in [-0.1, -0.05) is 30.4 Å². The number of aromatic nitrogens is 3. The van der Waals surface area contributed by atoms with Crippen molar-refractivity contribution in [1.29, 1.82) is 0 Å². The van der Waals surface area contributed by atoms with Crippen molar-refractivity contribution in [2.24, 2.45) is 0 Å². The highest BCUT2D eigenvalue weighted by atomic mass is 19.4. The molecule has 1 aliphatic rings. The van der Waals surface area contributed by atoms with E-state index < -0.39 is 17.7 Å². The van der Waals surface area contributed by atoms with Crippen molar-refractivity contribution in [1.82, 2.24) is 20.1 Å². The number of alkyl halides is 3. The van der Waals surface area contributed by atoms with Crippen molar-refractivity contribution in [3.63, 3.8) is 0 Å². The Kier molecular flexibility index (Phi) is 5.15. The van der Waals surface area contributed by atoms with Crippen LogP contribution in [0.15, 0.2) is 43.0 Å². The average Bonchev–Trinajstić information content (AvgIpc) is 3.05. The van der Waals surface area contributed by atoms with Gasteiger partial charge in [-0.25, -0.2) is 9.67 Å². The first-order valence-corrected chi connectivity index (χ1v) is 8.55. The molecule has 7 heteroatoms. The second kappa shape index (κ2) is 7.35. The minimum Gasteiger partial charge on any atom is -0.385 e. The first kappa shape index (κ1) is 18.2. The van der Waals surface area contributed by atoms with E-state index in [1.54, 1.807) is 29.9 Å². The van der Waals surface area contributed by atoms with E-state index >= 15 is 0 Å². The van der Waals surface area contributed by atoms with Gasteiger partial charge in [0.15, 0.2) is 5.82 Å². The zero-order valence-corrected chi connectivity index (χ0v) is 14.6. The van der Waals surface area contributed by atoms with Gasteiger partial charge in [0.25, 0.3) is 0 Å². The summed E-state index contributed by atoms with van der Waals surface area (Å²) in [5.41, 5.74) is 0.412. The van der Waals surface area contributed by atoms with Crippen molar-refractivity contribution in [3.05, 3.63) is 65.8 Å². The summed E-state index contributed by atoms with van der Waals surface area (Å²) >= 11 is 0. The molecule has 1 aromatic heterocycles. The lowest BCUT2D eigenvalue weighted by Crippen LogP contribution is -2.21. The van der Waals surface area contributed by atoms with E-state index in [1.807, 2.05) is 6.08 Å². The quantitative estimate of drug-likeness (QED) is 0.804. The number of hydrogen-bond acceptors (Lipinski definition) is 3. The molecule has 0 spiro atoms. The average molecular weight is 362 g/mol. The van der Waals surface area contributed by atoms with Crippen LogP contribution in [0, 0.1) is 0 Å². The third kappa shape index (κ3) is 3.52. The molecule has 0 fully saturated rings. The molecule has 1 aromatic carbocycles. The Balaban J connectivity index is 2.05. The molecular weight excluding hydrogens is 341 g/mol. The molecule has 0 bridgehead atoms. The molecule has 1 aliphatic heterocycles. The fraction of sp³-hybridized carbons (Fsp3) is 0.368. The van der Waals surface area contributed by atoms with Crippen LogP contribution in [0.25, 0.3) is 5.70 Å². The van der Waals surface area contributed by atoms with Crippen molar-refractivity contribution in [2.75, 3.05) is 7.05 Å². The molecule has 4 nitrogen and oxygen atoms in total. The molecule has 138 valence electrons. The normalized spacial score (nSPS) is 17.7. The number of hydrogen-bond donors (Lipinski definition) is 1.